The number of rotatable bonds is 3. The summed E-state index contributed by atoms with van der Waals surface area (Å²) < 4.78 is 12.0. The molecule has 0 unspecified atom stereocenters. The van der Waals surface area contributed by atoms with Gasteiger partial charge in [-0.05, 0) is 39.8 Å². The molecule has 1 fully saturated rings. The van der Waals surface area contributed by atoms with Crippen LogP contribution in [-0.2, 0) is 9.47 Å². The summed E-state index contributed by atoms with van der Waals surface area (Å²) in [5.41, 5.74) is 0.0964. The first-order valence-corrected chi connectivity index (χ1v) is 7.41. The summed E-state index contributed by atoms with van der Waals surface area (Å²) in [4.78, 5) is 0. The van der Waals surface area contributed by atoms with Gasteiger partial charge in [0.25, 0.3) is 0 Å². The maximum absolute atomic E-state index is 9.12. The van der Waals surface area contributed by atoms with Gasteiger partial charge in [-0.1, -0.05) is 12.1 Å². The van der Waals surface area contributed by atoms with Gasteiger partial charge in [0.15, 0.2) is 11.9 Å². The SMILES string of the molecule is CC1(C)OC(c2cccc(NC(C#N)=C(C#N)C#N)c2)OC1(C)C. The van der Waals surface area contributed by atoms with E-state index in [1.54, 1.807) is 30.3 Å². The van der Waals surface area contributed by atoms with Gasteiger partial charge in [0.05, 0.1) is 11.2 Å². The number of allylic oxidation sites excluding steroid dienone is 2. The molecule has 1 aromatic carbocycles. The third-order valence-electron chi connectivity index (χ3n) is 4.27. The Kier molecular flexibility index (Phi) is 4.62. The van der Waals surface area contributed by atoms with E-state index >= 15 is 0 Å². The van der Waals surface area contributed by atoms with Gasteiger partial charge in [0.1, 0.15) is 23.9 Å². The molecule has 1 N–H and O–H groups in total. The van der Waals surface area contributed by atoms with Crippen LogP contribution in [-0.4, -0.2) is 11.2 Å². The molecule has 0 bridgehead atoms. The Morgan fingerprint density at radius 1 is 1.00 bits per heavy atom. The van der Waals surface area contributed by atoms with Crippen molar-refractivity contribution < 1.29 is 9.47 Å². The number of ether oxygens (including phenoxy) is 2. The zero-order valence-electron chi connectivity index (χ0n) is 14.0. The number of hydrogen-bond acceptors (Lipinski definition) is 6. The largest absolute Gasteiger partial charge is 0.345 e. The predicted molar refractivity (Wildman–Crippen MR) is 87.0 cm³/mol. The van der Waals surface area contributed by atoms with Crippen LogP contribution in [0.4, 0.5) is 5.69 Å². The van der Waals surface area contributed by atoms with Crippen molar-refractivity contribution >= 4 is 5.69 Å². The maximum Gasteiger partial charge on any atom is 0.185 e. The van der Waals surface area contributed by atoms with Crippen molar-refractivity contribution in [1.29, 1.82) is 15.8 Å². The molecule has 0 atom stereocenters. The summed E-state index contributed by atoms with van der Waals surface area (Å²) in [5.74, 6) is 0. The summed E-state index contributed by atoms with van der Waals surface area (Å²) >= 11 is 0. The standard InChI is InChI=1S/C18H18N4O2/c1-17(2)18(3,4)24-16(23-17)12-6-5-7-14(8-12)22-15(11-21)13(9-19)10-20/h5-8,16,22H,1-4H3. The molecular weight excluding hydrogens is 304 g/mol. The fourth-order valence-electron chi connectivity index (χ4n) is 2.17. The van der Waals surface area contributed by atoms with Crippen LogP contribution in [0.2, 0.25) is 0 Å². The quantitative estimate of drug-likeness (QED) is 0.854. The minimum atomic E-state index is -0.530. The third kappa shape index (κ3) is 3.24. The molecule has 1 aliphatic heterocycles. The van der Waals surface area contributed by atoms with Gasteiger partial charge in [-0.25, -0.2) is 0 Å². The highest BCUT2D eigenvalue weighted by molar-refractivity contribution is 5.59. The summed E-state index contributed by atoms with van der Waals surface area (Å²) in [6, 6.07) is 12.4. The average molecular weight is 322 g/mol. The fraction of sp³-hybridized carbons (Fsp3) is 0.389. The second-order valence-electron chi connectivity index (χ2n) is 6.42. The lowest BCUT2D eigenvalue weighted by molar-refractivity contribution is -0.0895. The van der Waals surface area contributed by atoms with Crippen molar-refractivity contribution in [3.8, 4) is 18.2 Å². The Hall–Kier alpha value is -2.85. The minimum Gasteiger partial charge on any atom is -0.345 e. The van der Waals surface area contributed by atoms with E-state index in [-0.39, 0.29) is 11.3 Å². The van der Waals surface area contributed by atoms with E-state index in [2.05, 4.69) is 5.32 Å². The molecule has 1 heterocycles. The van der Waals surface area contributed by atoms with Crippen LogP contribution in [0.25, 0.3) is 0 Å². The molecule has 1 aromatic rings. The lowest BCUT2D eigenvalue weighted by atomic mass is 9.90. The molecule has 0 amide bonds. The van der Waals surface area contributed by atoms with E-state index in [0.717, 1.165) is 5.56 Å². The normalized spacial score (nSPS) is 18.0. The zero-order valence-corrected chi connectivity index (χ0v) is 14.0. The molecule has 1 saturated heterocycles. The highest BCUT2D eigenvalue weighted by Gasteiger charge is 2.49. The Labute approximate surface area is 141 Å². The Bertz CT molecular complexity index is 772. The second kappa shape index (κ2) is 6.34. The van der Waals surface area contributed by atoms with Gasteiger partial charge in [0.2, 0.25) is 0 Å². The number of nitrogens with one attached hydrogen (secondary N) is 1. The lowest BCUT2D eigenvalue weighted by Gasteiger charge is -2.30. The van der Waals surface area contributed by atoms with E-state index in [1.165, 1.54) is 0 Å². The molecule has 0 radical (unpaired) electrons. The summed E-state index contributed by atoms with van der Waals surface area (Å²) in [7, 11) is 0. The van der Waals surface area contributed by atoms with E-state index in [0.29, 0.717) is 5.69 Å². The smallest absolute Gasteiger partial charge is 0.185 e. The average Bonchev–Trinajstić information content (AvgIpc) is 2.76. The maximum atomic E-state index is 9.12. The van der Waals surface area contributed by atoms with E-state index in [4.69, 9.17) is 25.3 Å². The predicted octanol–water partition coefficient (Wildman–Crippen LogP) is 3.53. The van der Waals surface area contributed by atoms with Crippen molar-refractivity contribution in [2.75, 3.05) is 5.32 Å². The molecular formula is C18H18N4O2. The summed E-state index contributed by atoms with van der Waals surface area (Å²) in [5, 5.41) is 29.7. The Morgan fingerprint density at radius 3 is 2.08 bits per heavy atom. The molecule has 24 heavy (non-hydrogen) atoms. The molecule has 6 heteroatoms. The number of nitrogens with zero attached hydrogens (tertiary/aromatic N) is 3. The van der Waals surface area contributed by atoms with Crippen molar-refractivity contribution in [3.05, 3.63) is 41.1 Å². The zero-order chi connectivity index (χ0) is 18.0. The van der Waals surface area contributed by atoms with Gasteiger partial charge in [0, 0.05) is 11.3 Å². The first-order valence-electron chi connectivity index (χ1n) is 7.41. The van der Waals surface area contributed by atoms with Gasteiger partial charge >= 0.3 is 0 Å². The van der Waals surface area contributed by atoms with E-state index in [1.807, 2.05) is 39.8 Å². The van der Waals surface area contributed by atoms with Gasteiger partial charge in [-0.2, -0.15) is 15.8 Å². The molecule has 0 aliphatic carbocycles. The molecule has 2 rings (SSSR count). The molecule has 0 aromatic heterocycles. The molecule has 0 saturated carbocycles. The number of nitriles is 3. The lowest BCUT2D eigenvalue weighted by Crippen LogP contribution is -2.41. The Morgan fingerprint density at radius 2 is 1.58 bits per heavy atom. The molecule has 0 spiro atoms. The molecule has 1 aliphatic rings. The van der Waals surface area contributed by atoms with Crippen molar-refractivity contribution in [3.63, 3.8) is 0 Å². The van der Waals surface area contributed by atoms with Gasteiger partial charge in [-0.15, -0.1) is 0 Å². The first kappa shape index (κ1) is 17.5. The van der Waals surface area contributed by atoms with Crippen LogP contribution in [0.5, 0.6) is 0 Å². The van der Waals surface area contributed by atoms with Crippen LogP contribution >= 0.6 is 0 Å². The summed E-state index contributed by atoms with van der Waals surface area (Å²) in [6.07, 6.45) is -0.530. The van der Waals surface area contributed by atoms with Gasteiger partial charge in [-0.3, -0.25) is 0 Å². The monoisotopic (exact) mass is 322 g/mol. The fourth-order valence-corrected chi connectivity index (χ4v) is 2.17. The summed E-state index contributed by atoms with van der Waals surface area (Å²) in [6.45, 7) is 7.88. The van der Waals surface area contributed by atoms with Crippen molar-refractivity contribution in [2.45, 2.75) is 45.2 Å². The van der Waals surface area contributed by atoms with Crippen LogP contribution in [0.3, 0.4) is 0 Å². The molecule has 122 valence electrons. The highest BCUT2D eigenvalue weighted by atomic mass is 16.7. The van der Waals surface area contributed by atoms with Crippen LogP contribution in [0.1, 0.15) is 39.5 Å². The van der Waals surface area contributed by atoms with Crippen LogP contribution in [0.15, 0.2) is 35.5 Å². The minimum absolute atomic E-state index is 0.0916. The molecule has 6 nitrogen and oxygen atoms in total. The number of benzene rings is 1. The van der Waals surface area contributed by atoms with Crippen molar-refractivity contribution in [2.24, 2.45) is 0 Å². The van der Waals surface area contributed by atoms with Gasteiger partial charge < -0.3 is 14.8 Å². The van der Waals surface area contributed by atoms with Crippen LogP contribution < -0.4 is 5.32 Å². The Balaban J connectivity index is 2.29. The highest BCUT2D eigenvalue weighted by Crippen LogP contribution is 2.44. The van der Waals surface area contributed by atoms with E-state index < -0.39 is 17.5 Å². The topological polar surface area (TPSA) is 102 Å². The number of anilines is 1. The van der Waals surface area contributed by atoms with Crippen molar-refractivity contribution in [1.82, 2.24) is 0 Å². The number of hydrogen-bond donors (Lipinski definition) is 1. The first-order chi connectivity index (χ1) is 11.2. The van der Waals surface area contributed by atoms with E-state index in [9.17, 15) is 0 Å². The second-order valence-corrected chi connectivity index (χ2v) is 6.42. The van der Waals surface area contributed by atoms with Crippen LogP contribution in [0, 0.1) is 34.0 Å². The third-order valence-corrected chi connectivity index (χ3v) is 4.27.